The van der Waals surface area contributed by atoms with E-state index in [1.54, 1.807) is 0 Å². The molecule has 172 valence electrons. The van der Waals surface area contributed by atoms with E-state index in [9.17, 15) is 4.79 Å². The zero-order valence-electron chi connectivity index (χ0n) is 18.8. The van der Waals surface area contributed by atoms with Crippen molar-refractivity contribution in [3.8, 4) is 0 Å². The number of aromatic nitrogens is 2. The van der Waals surface area contributed by atoms with E-state index in [2.05, 4.69) is 59.0 Å². The average molecular weight is 495 g/mol. The van der Waals surface area contributed by atoms with Crippen molar-refractivity contribution in [2.45, 2.75) is 45.7 Å². The summed E-state index contributed by atoms with van der Waals surface area (Å²) in [5, 5.41) is 0.267. The Balaban J connectivity index is 1.35. The van der Waals surface area contributed by atoms with E-state index in [-0.39, 0.29) is 34.1 Å². The van der Waals surface area contributed by atoms with Crippen LogP contribution in [0.15, 0.2) is 12.1 Å². The minimum Gasteiger partial charge on any atom is -0.350 e. The number of fused-ring (bicyclic) bond motifs is 4. The van der Waals surface area contributed by atoms with Crippen molar-refractivity contribution >= 4 is 58.0 Å². The Bertz CT molecular complexity index is 1050. The van der Waals surface area contributed by atoms with Crippen LogP contribution in [0, 0.1) is 5.41 Å². The van der Waals surface area contributed by atoms with E-state index in [1.807, 2.05) is 4.90 Å². The van der Waals surface area contributed by atoms with Crippen LogP contribution >= 0.6 is 34.7 Å². The molecule has 6 rings (SSSR count). The SMILES string of the molecule is CN1CN(CC(C)(C)C)c2ccc(N3CC4CCC3CN4C(=O)c3nsc(Cl)c3Cl)nc21. The molecule has 32 heavy (non-hydrogen) atoms. The van der Waals surface area contributed by atoms with Gasteiger partial charge in [-0.15, -0.1) is 0 Å². The third-order valence-corrected chi connectivity index (χ3v) is 8.09. The number of nitrogens with zero attached hydrogens (tertiary/aromatic N) is 6. The van der Waals surface area contributed by atoms with Gasteiger partial charge in [-0.1, -0.05) is 44.0 Å². The molecule has 2 atom stereocenters. The first-order chi connectivity index (χ1) is 15.1. The van der Waals surface area contributed by atoms with Crippen LogP contribution in [0.5, 0.6) is 0 Å². The summed E-state index contributed by atoms with van der Waals surface area (Å²) in [6.45, 7) is 10.0. The van der Waals surface area contributed by atoms with Crippen molar-refractivity contribution in [1.29, 1.82) is 0 Å². The van der Waals surface area contributed by atoms with Crippen LogP contribution in [-0.2, 0) is 0 Å². The number of hydrogen-bond acceptors (Lipinski definition) is 7. The molecule has 3 saturated heterocycles. The maximum atomic E-state index is 13.1. The van der Waals surface area contributed by atoms with E-state index in [0.29, 0.717) is 10.9 Å². The maximum Gasteiger partial charge on any atom is 0.275 e. The number of pyridine rings is 1. The molecule has 4 aliphatic rings. The molecule has 2 aromatic heterocycles. The molecule has 2 unspecified atom stereocenters. The molecule has 2 bridgehead atoms. The molecule has 0 radical (unpaired) electrons. The largest absolute Gasteiger partial charge is 0.350 e. The molecular weight excluding hydrogens is 467 g/mol. The minimum absolute atomic E-state index is 0.119. The van der Waals surface area contributed by atoms with Gasteiger partial charge in [0.05, 0.1) is 12.4 Å². The van der Waals surface area contributed by atoms with E-state index in [1.165, 1.54) is 5.69 Å². The molecule has 10 heteroatoms. The number of carbonyl (C=O) groups is 1. The summed E-state index contributed by atoms with van der Waals surface area (Å²) in [4.78, 5) is 27.1. The van der Waals surface area contributed by atoms with E-state index in [4.69, 9.17) is 28.2 Å². The summed E-state index contributed by atoms with van der Waals surface area (Å²) in [5.74, 6) is 1.90. The summed E-state index contributed by atoms with van der Waals surface area (Å²) < 4.78 is 4.55. The van der Waals surface area contributed by atoms with Crippen molar-refractivity contribution < 1.29 is 4.79 Å². The molecule has 2 aromatic rings. The lowest BCUT2D eigenvalue weighted by Gasteiger charge is -2.51. The summed E-state index contributed by atoms with van der Waals surface area (Å²) in [7, 11) is 2.10. The number of amides is 1. The van der Waals surface area contributed by atoms with Crippen LogP contribution < -0.4 is 14.7 Å². The maximum absolute atomic E-state index is 13.1. The molecule has 0 saturated carbocycles. The average Bonchev–Trinajstić information content (AvgIpc) is 3.25. The minimum atomic E-state index is -0.119. The summed E-state index contributed by atoms with van der Waals surface area (Å²) >= 11 is 13.3. The number of rotatable bonds is 3. The Morgan fingerprint density at radius 3 is 2.56 bits per heavy atom. The molecular formula is C22H28Cl2N6OS. The molecule has 7 nitrogen and oxygen atoms in total. The zero-order valence-corrected chi connectivity index (χ0v) is 21.1. The number of hydrogen-bond donors (Lipinski definition) is 0. The Morgan fingerprint density at radius 2 is 1.94 bits per heavy atom. The molecule has 4 aliphatic heterocycles. The van der Waals surface area contributed by atoms with Gasteiger partial charge in [0.2, 0.25) is 0 Å². The van der Waals surface area contributed by atoms with Crippen LogP contribution in [0.3, 0.4) is 0 Å². The second-order valence-electron chi connectivity index (χ2n) is 10.2. The quantitative estimate of drug-likeness (QED) is 0.621. The second-order valence-corrected chi connectivity index (χ2v) is 12.0. The predicted molar refractivity (Wildman–Crippen MR) is 132 cm³/mol. The first-order valence-electron chi connectivity index (χ1n) is 11.0. The fourth-order valence-corrected chi connectivity index (χ4v) is 6.10. The lowest BCUT2D eigenvalue weighted by molar-refractivity contribution is 0.0500. The van der Waals surface area contributed by atoms with Gasteiger partial charge in [0.15, 0.2) is 11.5 Å². The van der Waals surface area contributed by atoms with Gasteiger partial charge in [-0.25, -0.2) is 4.98 Å². The molecule has 1 amide bonds. The van der Waals surface area contributed by atoms with Crippen molar-refractivity contribution in [1.82, 2.24) is 14.3 Å². The predicted octanol–water partition coefficient (Wildman–Crippen LogP) is 4.60. The van der Waals surface area contributed by atoms with Crippen LogP contribution in [0.4, 0.5) is 17.3 Å². The highest BCUT2D eigenvalue weighted by Crippen LogP contribution is 2.40. The van der Waals surface area contributed by atoms with Gasteiger partial charge in [-0.05, 0) is 41.9 Å². The van der Waals surface area contributed by atoms with E-state index >= 15 is 0 Å². The number of halogens is 2. The third kappa shape index (κ3) is 3.80. The monoisotopic (exact) mass is 494 g/mol. The number of anilines is 3. The highest BCUT2D eigenvalue weighted by atomic mass is 35.5. The molecule has 0 aliphatic carbocycles. The van der Waals surface area contributed by atoms with Crippen molar-refractivity contribution in [2.24, 2.45) is 5.41 Å². The second kappa shape index (κ2) is 7.92. The van der Waals surface area contributed by atoms with E-state index < -0.39 is 0 Å². The van der Waals surface area contributed by atoms with Gasteiger partial charge in [-0.3, -0.25) is 4.79 Å². The fraction of sp³-hybridized carbons (Fsp3) is 0.591. The van der Waals surface area contributed by atoms with Gasteiger partial charge in [-0.2, -0.15) is 4.37 Å². The lowest BCUT2D eigenvalue weighted by atomic mass is 9.90. The van der Waals surface area contributed by atoms with Gasteiger partial charge in [0.1, 0.15) is 15.2 Å². The Hall–Kier alpha value is -1.77. The van der Waals surface area contributed by atoms with Gasteiger partial charge < -0.3 is 19.6 Å². The van der Waals surface area contributed by atoms with Crippen LogP contribution in [0.1, 0.15) is 44.1 Å². The molecule has 0 aromatic carbocycles. The summed E-state index contributed by atoms with van der Waals surface area (Å²) in [5.41, 5.74) is 1.69. The summed E-state index contributed by atoms with van der Waals surface area (Å²) in [6, 6.07) is 4.70. The normalized spacial score (nSPS) is 22.7. The number of piperazine rings is 1. The smallest absolute Gasteiger partial charge is 0.275 e. The van der Waals surface area contributed by atoms with Gasteiger partial charge in [0.25, 0.3) is 5.91 Å². The molecule has 3 fully saturated rings. The fourth-order valence-electron chi connectivity index (χ4n) is 5.11. The highest BCUT2D eigenvalue weighted by molar-refractivity contribution is 7.11. The number of carbonyl (C=O) groups excluding carboxylic acids is 1. The number of piperidine rings is 2. The van der Waals surface area contributed by atoms with Gasteiger partial charge in [0, 0.05) is 38.8 Å². The Kier molecular flexibility index (Phi) is 5.46. The highest BCUT2D eigenvalue weighted by Gasteiger charge is 2.43. The van der Waals surface area contributed by atoms with Crippen molar-refractivity contribution in [3.63, 3.8) is 0 Å². The Labute approximate surface area is 203 Å². The van der Waals surface area contributed by atoms with Crippen molar-refractivity contribution in [3.05, 3.63) is 27.2 Å². The van der Waals surface area contributed by atoms with Crippen LogP contribution in [0.25, 0.3) is 0 Å². The van der Waals surface area contributed by atoms with E-state index in [0.717, 1.165) is 55.8 Å². The third-order valence-electron chi connectivity index (χ3n) is 6.47. The standard InChI is InChI=1S/C22H28Cl2N6OS/c1-22(2,3)11-28-12-27(4)20-15(28)7-8-16(25-20)29-9-14-6-5-13(29)10-30(14)21(31)18-17(23)19(24)32-26-18/h7-8,13-14H,5-6,9-12H2,1-4H3. The zero-order chi connectivity index (χ0) is 22.8. The van der Waals surface area contributed by atoms with Crippen LogP contribution in [0.2, 0.25) is 9.36 Å². The van der Waals surface area contributed by atoms with Crippen molar-refractivity contribution in [2.75, 3.05) is 48.1 Å². The Morgan fingerprint density at radius 1 is 1.19 bits per heavy atom. The van der Waals surface area contributed by atoms with Gasteiger partial charge >= 0.3 is 0 Å². The topological polar surface area (TPSA) is 55.8 Å². The molecule has 0 N–H and O–H groups in total. The molecule has 0 spiro atoms. The lowest BCUT2D eigenvalue weighted by Crippen LogP contribution is -2.64. The summed E-state index contributed by atoms with van der Waals surface area (Å²) in [6.07, 6.45) is 2.03. The van der Waals surface area contributed by atoms with Crippen LogP contribution in [-0.4, -0.2) is 65.6 Å². The molecule has 6 heterocycles. The first kappa shape index (κ1) is 22.0. The first-order valence-corrected chi connectivity index (χ1v) is 12.5.